The molecule has 1 aromatic carbocycles. The maximum atomic E-state index is 14.5. The van der Waals surface area contributed by atoms with E-state index in [2.05, 4.69) is 30.2 Å². The van der Waals surface area contributed by atoms with Gasteiger partial charge in [0.25, 0.3) is 0 Å². The maximum absolute atomic E-state index is 14.5. The molecule has 7 nitrogen and oxygen atoms in total. The van der Waals surface area contributed by atoms with Crippen molar-refractivity contribution < 1.29 is 9.13 Å². The zero-order valence-corrected chi connectivity index (χ0v) is 18.8. The van der Waals surface area contributed by atoms with Crippen LogP contribution in [-0.4, -0.2) is 52.1 Å². The molecule has 0 saturated heterocycles. The van der Waals surface area contributed by atoms with Gasteiger partial charge < -0.3 is 19.9 Å². The first-order chi connectivity index (χ1) is 15.4. The van der Waals surface area contributed by atoms with Crippen LogP contribution >= 0.6 is 11.6 Å². The Morgan fingerprint density at radius 3 is 2.88 bits per heavy atom. The van der Waals surface area contributed by atoms with Crippen LogP contribution in [0.25, 0.3) is 22.4 Å². The molecule has 166 valence electrons. The van der Waals surface area contributed by atoms with Crippen LogP contribution < -0.4 is 10.1 Å². The molecule has 4 aromatic rings. The average molecular weight is 455 g/mol. The number of nitrogens with zero attached hydrogens (tertiary/aromatic N) is 4. The van der Waals surface area contributed by atoms with Crippen molar-refractivity contribution in [2.24, 2.45) is 0 Å². The number of anilines is 1. The summed E-state index contributed by atoms with van der Waals surface area (Å²) in [5.41, 5.74) is 2.31. The van der Waals surface area contributed by atoms with Crippen molar-refractivity contribution in [1.29, 1.82) is 0 Å². The van der Waals surface area contributed by atoms with E-state index in [4.69, 9.17) is 16.3 Å². The van der Waals surface area contributed by atoms with Crippen LogP contribution in [0.5, 0.6) is 5.75 Å². The van der Waals surface area contributed by atoms with Gasteiger partial charge in [-0.1, -0.05) is 23.7 Å². The molecule has 0 saturated carbocycles. The molecule has 9 heteroatoms. The molecule has 0 aliphatic heterocycles. The molecule has 0 amide bonds. The Morgan fingerprint density at radius 1 is 1.22 bits per heavy atom. The van der Waals surface area contributed by atoms with E-state index in [-0.39, 0.29) is 11.9 Å². The lowest BCUT2D eigenvalue weighted by Crippen LogP contribution is -2.19. The second-order valence-corrected chi connectivity index (χ2v) is 8.17. The number of pyridine rings is 1. The van der Waals surface area contributed by atoms with E-state index in [1.807, 2.05) is 45.3 Å². The Kier molecular flexibility index (Phi) is 6.53. The Labute approximate surface area is 190 Å². The number of rotatable bonds is 8. The monoisotopic (exact) mass is 454 g/mol. The topological polar surface area (TPSA) is 79.0 Å². The molecule has 3 heterocycles. The van der Waals surface area contributed by atoms with Crippen molar-refractivity contribution in [3.63, 3.8) is 0 Å². The summed E-state index contributed by atoms with van der Waals surface area (Å²) >= 11 is 6.09. The normalized spacial score (nSPS) is 12.3. The molecule has 0 bridgehead atoms. The molecule has 0 unspecified atom stereocenters. The predicted octanol–water partition coefficient (Wildman–Crippen LogP) is 4.93. The van der Waals surface area contributed by atoms with Gasteiger partial charge in [-0.2, -0.15) is 0 Å². The highest BCUT2D eigenvalue weighted by Gasteiger charge is 2.16. The van der Waals surface area contributed by atoms with Crippen LogP contribution in [0.15, 0.2) is 48.9 Å². The highest BCUT2D eigenvalue weighted by Crippen LogP contribution is 2.29. The summed E-state index contributed by atoms with van der Waals surface area (Å²) in [5.74, 6) is 0.725. The summed E-state index contributed by atoms with van der Waals surface area (Å²) in [6.45, 7) is 3.35. The summed E-state index contributed by atoms with van der Waals surface area (Å²) in [5, 5.41) is 4.42. The van der Waals surface area contributed by atoms with Gasteiger partial charge in [-0.15, -0.1) is 0 Å². The Bertz CT molecular complexity index is 1230. The van der Waals surface area contributed by atoms with Crippen molar-refractivity contribution in [2.45, 2.75) is 13.0 Å². The first-order valence-electron chi connectivity index (χ1n) is 10.2. The maximum Gasteiger partial charge on any atom is 0.183 e. The Balaban J connectivity index is 1.55. The van der Waals surface area contributed by atoms with Gasteiger partial charge in [0.15, 0.2) is 17.5 Å². The smallest absolute Gasteiger partial charge is 0.183 e. The Morgan fingerprint density at radius 2 is 2.06 bits per heavy atom. The van der Waals surface area contributed by atoms with Crippen molar-refractivity contribution in [3.8, 4) is 17.1 Å². The molecule has 4 rings (SSSR count). The molecule has 1 atom stereocenters. The number of aromatic amines is 1. The van der Waals surface area contributed by atoms with E-state index in [9.17, 15) is 4.39 Å². The molecule has 0 fully saturated rings. The molecule has 2 N–H and O–H groups in total. The van der Waals surface area contributed by atoms with Gasteiger partial charge in [0.2, 0.25) is 0 Å². The van der Waals surface area contributed by atoms with Crippen LogP contribution in [0.3, 0.4) is 0 Å². The number of ether oxygens (including phenoxy) is 1. The number of hydrogen-bond acceptors (Lipinski definition) is 6. The fourth-order valence-electron chi connectivity index (χ4n) is 3.27. The van der Waals surface area contributed by atoms with Crippen molar-refractivity contribution >= 4 is 28.5 Å². The van der Waals surface area contributed by atoms with E-state index in [0.29, 0.717) is 28.7 Å². The lowest BCUT2D eigenvalue weighted by atomic mass is 10.1. The molecule has 0 aliphatic carbocycles. The molecule has 0 spiro atoms. The number of halogens is 2. The number of hydrogen-bond donors (Lipinski definition) is 2. The minimum Gasteiger partial charge on any atom is -0.492 e. The summed E-state index contributed by atoms with van der Waals surface area (Å²) in [6.07, 6.45) is 4.46. The first-order valence-corrected chi connectivity index (χ1v) is 10.6. The SMILES string of the molecule is C[C@H](Nc1nc(-c2c[nH]c3ncc(Cl)cc23)ncc1F)c1cccc(OCCN(C)C)c1. The Hall–Kier alpha value is -3.23. The molecule has 0 radical (unpaired) electrons. The van der Waals surface area contributed by atoms with Crippen molar-refractivity contribution in [3.05, 3.63) is 65.3 Å². The van der Waals surface area contributed by atoms with E-state index < -0.39 is 5.82 Å². The average Bonchev–Trinajstić information content (AvgIpc) is 3.18. The zero-order valence-electron chi connectivity index (χ0n) is 18.1. The molecule has 0 aliphatic rings. The highest BCUT2D eigenvalue weighted by atomic mass is 35.5. The second kappa shape index (κ2) is 9.50. The quantitative estimate of drug-likeness (QED) is 0.393. The van der Waals surface area contributed by atoms with Gasteiger partial charge >= 0.3 is 0 Å². The molecule has 32 heavy (non-hydrogen) atoms. The van der Waals surface area contributed by atoms with E-state index >= 15 is 0 Å². The fourth-order valence-corrected chi connectivity index (χ4v) is 3.43. The van der Waals surface area contributed by atoms with Crippen LogP contribution in [0, 0.1) is 5.82 Å². The standard InChI is InChI=1S/C23H24ClFN6O/c1-14(15-5-4-6-17(9-15)32-8-7-31(2)3)29-23-20(25)13-28-22(30-23)19-12-27-21-18(19)10-16(24)11-26-21/h4-6,9-14H,7-8H2,1-3H3,(H,26,27)(H,28,29,30)/t14-/m0/s1. The van der Waals surface area contributed by atoms with Crippen LogP contribution in [0.1, 0.15) is 18.5 Å². The number of benzene rings is 1. The number of nitrogens with one attached hydrogen (secondary N) is 2. The largest absolute Gasteiger partial charge is 0.492 e. The van der Waals surface area contributed by atoms with Crippen molar-refractivity contribution in [2.75, 3.05) is 32.6 Å². The number of likely N-dealkylation sites (N-methyl/N-ethyl adjacent to an activating group) is 1. The fraction of sp³-hybridized carbons (Fsp3) is 0.261. The van der Waals surface area contributed by atoms with E-state index in [0.717, 1.165) is 29.4 Å². The van der Waals surface area contributed by atoms with Gasteiger partial charge in [0.1, 0.15) is 18.0 Å². The second-order valence-electron chi connectivity index (χ2n) is 7.73. The predicted molar refractivity (Wildman–Crippen MR) is 125 cm³/mol. The number of H-pyrrole nitrogens is 1. The third-order valence-corrected chi connectivity index (χ3v) is 5.21. The van der Waals surface area contributed by atoms with Gasteiger partial charge in [-0.25, -0.2) is 19.3 Å². The number of fused-ring (bicyclic) bond motifs is 1. The van der Waals surface area contributed by atoms with Crippen LogP contribution in [-0.2, 0) is 0 Å². The lowest BCUT2D eigenvalue weighted by molar-refractivity contribution is 0.261. The third-order valence-electron chi connectivity index (χ3n) is 5.00. The van der Waals surface area contributed by atoms with Gasteiger partial charge in [0, 0.05) is 29.9 Å². The molecular formula is C23H24ClFN6O. The minimum absolute atomic E-state index is 0.116. The van der Waals surface area contributed by atoms with E-state index in [1.54, 1.807) is 18.5 Å². The summed E-state index contributed by atoms with van der Waals surface area (Å²) in [4.78, 5) is 18.0. The zero-order chi connectivity index (χ0) is 22.7. The molecule has 3 aromatic heterocycles. The lowest BCUT2D eigenvalue weighted by Gasteiger charge is -2.17. The summed E-state index contributed by atoms with van der Waals surface area (Å²) < 4.78 is 20.3. The van der Waals surface area contributed by atoms with Gasteiger partial charge in [0.05, 0.1) is 17.3 Å². The summed E-state index contributed by atoms with van der Waals surface area (Å²) in [6, 6.07) is 9.31. The van der Waals surface area contributed by atoms with Crippen LogP contribution in [0.2, 0.25) is 5.02 Å². The number of aromatic nitrogens is 4. The van der Waals surface area contributed by atoms with Crippen molar-refractivity contribution in [1.82, 2.24) is 24.8 Å². The molecular weight excluding hydrogens is 431 g/mol. The van der Waals surface area contributed by atoms with E-state index in [1.165, 1.54) is 0 Å². The highest BCUT2D eigenvalue weighted by molar-refractivity contribution is 6.31. The third kappa shape index (κ3) is 4.98. The first kappa shape index (κ1) is 22.0. The minimum atomic E-state index is -0.532. The van der Waals surface area contributed by atoms with Crippen LogP contribution in [0.4, 0.5) is 10.2 Å². The van der Waals surface area contributed by atoms with Gasteiger partial charge in [-0.05, 0) is 44.8 Å². The van der Waals surface area contributed by atoms with Gasteiger partial charge in [-0.3, -0.25) is 0 Å². The summed E-state index contributed by atoms with van der Waals surface area (Å²) in [7, 11) is 4.00.